The lowest BCUT2D eigenvalue weighted by Crippen LogP contribution is -2.53. The van der Waals surface area contributed by atoms with E-state index in [9.17, 15) is 0 Å². The molecule has 1 heterocycles. The van der Waals surface area contributed by atoms with E-state index in [0.717, 1.165) is 26.2 Å². The van der Waals surface area contributed by atoms with Gasteiger partial charge in [-0.25, -0.2) is 0 Å². The van der Waals surface area contributed by atoms with Crippen LogP contribution in [0.2, 0.25) is 0 Å². The van der Waals surface area contributed by atoms with Crippen molar-refractivity contribution in [3.63, 3.8) is 0 Å². The Morgan fingerprint density at radius 2 is 2.14 bits per heavy atom. The zero-order valence-corrected chi connectivity index (χ0v) is 13.4. The molecule has 1 aromatic carbocycles. The van der Waals surface area contributed by atoms with Crippen molar-refractivity contribution in [1.29, 1.82) is 0 Å². The Morgan fingerprint density at radius 3 is 2.95 bits per heavy atom. The van der Waals surface area contributed by atoms with Gasteiger partial charge in [0.05, 0.1) is 18.8 Å². The molecule has 2 unspecified atom stereocenters. The maximum atomic E-state index is 6.00. The Balaban J connectivity index is 1.78. The second-order valence-corrected chi connectivity index (χ2v) is 6.36. The number of hydrogen-bond acceptors (Lipinski definition) is 3. The number of aryl methyl sites for hydroxylation is 1. The Hall–Kier alpha value is -1.06. The minimum Gasteiger partial charge on any atom is -0.374 e. The number of nitrogens with zero attached hydrogens (tertiary/aromatic N) is 1. The molecule has 21 heavy (non-hydrogen) atoms. The molecule has 0 aromatic heterocycles. The number of nitrogens with one attached hydrogen (secondary N) is 1. The molecule has 2 atom stereocenters. The normalized spacial score (nSPS) is 25.7. The molecule has 2 fully saturated rings. The van der Waals surface area contributed by atoms with Crippen LogP contribution in [0.15, 0.2) is 18.2 Å². The highest BCUT2D eigenvalue weighted by Crippen LogP contribution is 2.33. The molecule has 1 aliphatic carbocycles. The van der Waals surface area contributed by atoms with E-state index in [-0.39, 0.29) is 0 Å². The molecule has 1 aromatic rings. The Bertz CT molecular complexity index is 472. The van der Waals surface area contributed by atoms with E-state index in [2.05, 4.69) is 42.3 Å². The van der Waals surface area contributed by atoms with Crippen LogP contribution in [0.5, 0.6) is 0 Å². The second-order valence-electron chi connectivity index (χ2n) is 6.36. The maximum absolute atomic E-state index is 6.00. The van der Waals surface area contributed by atoms with Crippen LogP contribution in [0.1, 0.15) is 43.7 Å². The van der Waals surface area contributed by atoms with E-state index >= 15 is 0 Å². The summed E-state index contributed by atoms with van der Waals surface area (Å²) in [7, 11) is 0. The molecule has 0 amide bonds. The van der Waals surface area contributed by atoms with Crippen molar-refractivity contribution >= 4 is 5.69 Å². The molecule has 3 nitrogen and oxygen atoms in total. The fourth-order valence-corrected chi connectivity index (χ4v) is 3.81. The number of anilines is 1. The summed E-state index contributed by atoms with van der Waals surface area (Å²) in [5, 5.41) is 3.40. The van der Waals surface area contributed by atoms with Crippen LogP contribution in [0, 0.1) is 6.92 Å². The summed E-state index contributed by atoms with van der Waals surface area (Å²) in [4.78, 5) is 2.61. The summed E-state index contributed by atoms with van der Waals surface area (Å²) in [5.74, 6) is 0. The Kier molecular flexibility index (Phi) is 4.81. The van der Waals surface area contributed by atoms with Crippen LogP contribution in [0.4, 0.5) is 5.69 Å². The average molecular weight is 288 g/mol. The summed E-state index contributed by atoms with van der Waals surface area (Å²) in [5.41, 5.74) is 4.19. The fourth-order valence-electron chi connectivity index (χ4n) is 3.81. The molecule has 1 N–H and O–H groups in total. The van der Waals surface area contributed by atoms with Gasteiger partial charge in [0.25, 0.3) is 0 Å². The van der Waals surface area contributed by atoms with E-state index in [1.165, 1.54) is 42.5 Å². The lowest BCUT2D eigenvalue weighted by atomic mass is 9.89. The van der Waals surface area contributed by atoms with Crippen LogP contribution in [-0.4, -0.2) is 31.8 Å². The third kappa shape index (κ3) is 3.24. The maximum Gasteiger partial charge on any atom is 0.0779 e. The monoisotopic (exact) mass is 288 g/mol. The highest BCUT2D eigenvalue weighted by Gasteiger charge is 2.34. The molecule has 0 spiro atoms. The van der Waals surface area contributed by atoms with Crippen molar-refractivity contribution in [2.24, 2.45) is 0 Å². The van der Waals surface area contributed by atoms with Crippen LogP contribution in [-0.2, 0) is 11.3 Å². The number of rotatable bonds is 4. The van der Waals surface area contributed by atoms with Gasteiger partial charge in [-0.1, -0.05) is 31.9 Å². The highest BCUT2D eigenvalue weighted by atomic mass is 16.5. The van der Waals surface area contributed by atoms with Crippen LogP contribution in [0.3, 0.4) is 0 Å². The van der Waals surface area contributed by atoms with E-state index in [0.29, 0.717) is 12.1 Å². The van der Waals surface area contributed by atoms with Gasteiger partial charge in [-0.05, 0) is 43.5 Å². The quantitative estimate of drug-likeness (QED) is 0.920. The smallest absolute Gasteiger partial charge is 0.0779 e. The molecular formula is C18H28N2O. The zero-order valence-electron chi connectivity index (χ0n) is 13.4. The van der Waals surface area contributed by atoms with Gasteiger partial charge in [-0.15, -0.1) is 0 Å². The standard InChI is InChI=1S/C18H28N2O/c1-3-19-13-15-8-9-16(14(2)12-15)20-10-11-21-18-7-5-4-6-17(18)20/h8-9,12,17-19H,3-7,10-11,13H2,1-2H3. The third-order valence-corrected chi connectivity index (χ3v) is 4.88. The van der Waals surface area contributed by atoms with Gasteiger partial charge in [-0.3, -0.25) is 0 Å². The number of morpholine rings is 1. The minimum atomic E-state index is 0.452. The van der Waals surface area contributed by atoms with Crippen molar-refractivity contribution < 1.29 is 4.74 Å². The molecule has 1 saturated carbocycles. The lowest BCUT2D eigenvalue weighted by Gasteiger charge is -2.45. The first-order valence-corrected chi connectivity index (χ1v) is 8.48. The van der Waals surface area contributed by atoms with Crippen LogP contribution in [0.25, 0.3) is 0 Å². The Labute approximate surface area is 128 Å². The highest BCUT2D eigenvalue weighted by molar-refractivity contribution is 5.56. The van der Waals surface area contributed by atoms with Gasteiger partial charge < -0.3 is 15.0 Å². The predicted octanol–water partition coefficient (Wildman–Crippen LogP) is 3.25. The van der Waals surface area contributed by atoms with E-state index in [1.807, 2.05) is 0 Å². The number of hydrogen-bond donors (Lipinski definition) is 1. The first-order chi connectivity index (χ1) is 10.3. The average Bonchev–Trinajstić information content (AvgIpc) is 2.53. The molecule has 116 valence electrons. The van der Waals surface area contributed by atoms with Gasteiger partial charge in [-0.2, -0.15) is 0 Å². The number of ether oxygens (including phenoxy) is 1. The van der Waals surface area contributed by atoms with E-state index < -0.39 is 0 Å². The second kappa shape index (κ2) is 6.80. The van der Waals surface area contributed by atoms with Crippen molar-refractivity contribution in [3.8, 4) is 0 Å². The predicted molar refractivity (Wildman–Crippen MR) is 87.9 cm³/mol. The van der Waals surface area contributed by atoms with Gasteiger partial charge in [0.15, 0.2) is 0 Å². The van der Waals surface area contributed by atoms with Crippen LogP contribution < -0.4 is 10.2 Å². The fraction of sp³-hybridized carbons (Fsp3) is 0.667. The summed E-state index contributed by atoms with van der Waals surface area (Å²) >= 11 is 0. The number of fused-ring (bicyclic) bond motifs is 1. The first-order valence-electron chi connectivity index (χ1n) is 8.48. The third-order valence-electron chi connectivity index (χ3n) is 4.88. The molecule has 1 saturated heterocycles. The summed E-state index contributed by atoms with van der Waals surface area (Å²) in [6.45, 7) is 8.30. The Morgan fingerprint density at radius 1 is 1.29 bits per heavy atom. The topological polar surface area (TPSA) is 24.5 Å². The van der Waals surface area contributed by atoms with Gasteiger partial charge in [0, 0.05) is 18.8 Å². The van der Waals surface area contributed by atoms with Crippen molar-refractivity contribution in [2.75, 3.05) is 24.6 Å². The van der Waals surface area contributed by atoms with Crippen molar-refractivity contribution in [1.82, 2.24) is 5.32 Å². The first kappa shape index (κ1) is 14.9. The van der Waals surface area contributed by atoms with E-state index in [4.69, 9.17) is 4.74 Å². The molecule has 0 bridgehead atoms. The zero-order chi connectivity index (χ0) is 14.7. The van der Waals surface area contributed by atoms with Crippen molar-refractivity contribution in [3.05, 3.63) is 29.3 Å². The lowest BCUT2D eigenvalue weighted by molar-refractivity contribution is -0.00871. The van der Waals surface area contributed by atoms with Gasteiger partial charge in [0.2, 0.25) is 0 Å². The SMILES string of the molecule is CCNCc1ccc(N2CCOC3CCCCC32)c(C)c1. The molecule has 1 aliphatic heterocycles. The largest absolute Gasteiger partial charge is 0.374 e. The van der Waals surface area contributed by atoms with Gasteiger partial charge in [0.1, 0.15) is 0 Å². The van der Waals surface area contributed by atoms with E-state index in [1.54, 1.807) is 0 Å². The summed E-state index contributed by atoms with van der Waals surface area (Å²) < 4.78 is 6.00. The molecule has 3 heteroatoms. The summed E-state index contributed by atoms with van der Waals surface area (Å²) in [6.07, 6.45) is 5.64. The minimum absolute atomic E-state index is 0.452. The number of benzene rings is 1. The summed E-state index contributed by atoms with van der Waals surface area (Å²) in [6, 6.07) is 7.52. The van der Waals surface area contributed by atoms with Crippen LogP contribution >= 0.6 is 0 Å². The molecular weight excluding hydrogens is 260 g/mol. The molecule has 2 aliphatic rings. The molecule has 0 radical (unpaired) electrons. The van der Waals surface area contributed by atoms with Gasteiger partial charge >= 0.3 is 0 Å². The van der Waals surface area contributed by atoms with Crippen molar-refractivity contribution in [2.45, 2.75) is 58.2 Å². The molecule has 3 rings (SSSR count).